The number of halogens is 1. The van der Waals surface area contributed by atoms with Crippen LogP contribution in [0.5, 0.6) is 0 Å². The highest BCUT2D eigenvalue weighted by Crippen LogP contribution is 2.21. The van der Waals surface area contributed by atoms with E-state index < -0.39 is 0 Å². The summed E-state index contributed by atoms with van der Waals surface area (Å²) in [7, 11) is 1.78. The van der Waals surface area contributed by atoms with Crippen LogP contribution in [0.2, 0.25) is 5.02 Å². The molecule has 4 nitrogen and oxygen atoms in total. The summed E-state index contributed by atoms with van der Waals surface area (Å²) in [5.41, 5.74) is 1.74. The van der Waals surface area contributed by atoms with Gasteiger partial charge in [-0.05, 0) is 36.8 Å². The maximum atomic E-state index is 12.7. The molecule has 0 N–H and O–H groups in total. The van der Waals surface area contributed by atoms with Crippen molar-refractivity contribution in [1.29, 1.82) is 0 Å². The van der Waals surface area contributed by atoms with E-state index >= 15 is 0 Å². The van der Waals surface area contributed by atoms with Crippen LogP contribution in [0.3, 0.4) is 0 Å². The third-order valence-corrected chi connectivity index (χ3v) is 4.77. The number of hydrogen-bond acceptors (Lipinski definition) is 2. The molecule has 1 aromatic heterocycles. The molecule has 25 heavy (non-hydrogen) atoms. The highest BCUT2D eigenvalue weighted by Gasteiger charge is 2.18. The van der Waals surface area contributed by atoms with E-state index in [-0.39, 0.29) is 23.9 Å². The van der Waals surface area contributed by atoms with Crippen molar-refractivity contribution in [3.8, 4) is 0 Å². The van der Waals surface area contributed by atoms with Crippen LogP contribution in [-0.4, -0.2) is 22.4 Å². The molecule has 2 aromatic carbocycles. The average Bonchev–Trinajstić information content (AvgIpc) is 2.63. The first-order chi connectivity index (χ1) is 12.0. The maximum absolute atomic E-state index is 12.7. The number of pyridine rings is 1. The SMILES string of the molecule is CC(c1ccc(Cl)cc1)N(C)C(=O)Cn1ccc(=O)c2ccccc21. The Bertz CT molecular complexity index is 963. The van der Waals surface area contributed by atoms with E-state index in [2.05, 4.69) is 0 Å². The number of nitrogens with zero attached hydrogens (tertiary/aromatic N) is 2. The van der Waals surface area contributed by atoms with Crippen LogP contribution in [0.1, 0.15) is 18.5 Å². The minimum absolute atomic E-state index is 0.0312. The summed E-state index contributed by atoms with van der Waals surface area (Å²) in [6, 6.07) is 16.2. The molecule has 0 saturated heterocycles. The summed E-state index contributed by atoms with van der Waals surface area (Å²) in [4.78, 5) is 26.4. The Balaban J connectivity index is 1.83. The number of amides is 1. The normalized spacial score (nSPS) is 12.1. The number of likely N-dealkylation sites (N-methyl/N-ethyl adjacent to an activating group) is 1. The summed E-state index contributed by atoms with van der Waals surface area (Å²) in [6.07, 6.45) is 1.67. The number of para-hydroxylation sites is 1. The van der Waals surface area contributed by atoms with Crippen LogP contribution in [-0.2, 0) is 11.3 Å². The van der Waals surface area contributed by atoms with Crippen molar-refractivity contribution in [2.75, 3.05) is 7.05 Å². The first-order valence-corrected chi connectivity index (χ1v) is 8.44. The summed E-state index contributed by atoms with van der Waals surface area (Å²) in [5, 5.41) is 1.29. The highest BCUT2D eigenvalue weighted by molar-refractivity contribution is 6.30. The smallest absolute Gasteiger partial charge is 0.242 e. The lowest BCUT2D eigenvalue weighted by molar-refractivity contribution is -0.132. The fraction of sp³-hybridized carbons (Fsp3) is 0.200. The number of fused-ring (bicyclic) bond motifs is 1. The zero-order valence-corrected chi connectivity index (χ0v) is 14.9. The fourth-order valence-electron chi connectivity index (χ4n) is 2.84. The molecule has 3 rings (SSSR count). The van der Waals surface area contributed by atoms with Gasteiger partial charge < -0.3 is 9.47 Å². The van der Waals surface area contributed by atoms with Crippen molar-refractivity contribution < 1.29 is 4.79 Å². The van der Waals surface area contributed by atoms with Crippen LogP contribution in [0.4, 0.5) is 0 Å². The molecule has 0 saturated carbocycles. The van der Waals surface area contributed by atoms with Gasteiger partial charge in [0, 0.05) is 29.7 Å². The van der Waals surface area contributed by atoms with Crippen molar-refractivity contribution >= 4 is 28.4 Å². The summed E-state index contributed by atoms with van der Waals surface area (Å²) >= 11 is 5.92. The molecule has 0 fully saturated rings. The quantitative estimate of drug-likeness (QED) is 0.713. The highest BCUT2D eigenvalue weighted by atomic mass is 35.5. The van der Waals surface area contributed by atoms with Crippen LogP contribution < -0.4 is 5.43 Å². The first kappa shape index (κ1) is 17.2. The number of benzene rings is 2. The monoisotopic (exact) mass is 354 g/mol. The second kappa shape index (κ2) is 7.11. The Kier molecular flexibility index (Phi) is 4.91. The Morgan fingerprint density at radius 2 is 1.80 bits per heavy atom. The zero-order valence-electron chi connectivity index (χ0n) is 14.1. The second-order valence-electron chi connectivity index (χ2n) is 6.06. The van der Waals surface area contributed by atoms with E-state index in [9.17, 15) is 9.59 Å². The molecule has 0 radical (unpaired) electrons. The summed E-state index contributed by atoms with van der Waals surface area (Å²) in [6.45, 7) is 2.15. The topological polar surface area (TPSA) is 42.3 Å². The van der Waals surface area contributed by atoms with Gasteiger partial charge in [-0.2, -0.15) is 0 Å². The number of rotatable bonds is 4. The molecule has 1 amide bonds. The van der Waals surface area contributed by atoms with Crippen LogP contribution in [0.25, 0.3) is 10.9 Å². The maximum Gasteiger partial charge on any atom is 0.242 e. The molecule has 1 unspecified atom stereocenters. The van der Waals surface area contributed by atoms with E-state index in [4.69, 9.17) is 11.6 Å². The minimum Gasteiger partial charge on any atom is -0.338 e. The van der Waals surface area contributed by atoms with E-state index in [0.717, 1.165) is 11.1 Å². The van der Waals surface area contributed by atoms with Crippen LogP contribution >= 0.6 is 11.6 Å². The molecule has 1 atom stereocenters. The molecule has 1 heterocycles. The van der Waals surface area contributed by atoms with Gasteiger partial charge in [-0.1, -0.05) is 35.9 Å². The lowest BCUT2D eigenvalue weighted by Gasteiger charge is -2.26. The van der Waals surface area contributed by atoms with Gasteiger partial charge in [0.15, 0.2) is 5.43 Å². The molecule has 0 aliphatic heterocycles. The number of aromatic nitrogens is 1. The van der Waals surface area contributed by atoms with Crippen molar-refractivity contribution in [3.63, 3.8) is 0 Å². The Labute approximate surface area is 151 Å². The fourth-order valence-corrected chi connectivity index (χ4v) is 2.96. The Hall–Kier alpha value is -2.59. The van der Waals surface area contributed by atoms with Crippen LogP contribution in [0.15, 0.2) is 65.6 Å². The lowest BCUT2D eigenvalue weighted by Crippen LogP contribution is -2.32. The predicted molar refractivity (Wildman–Crippen MR) is 101 cm³/mol. The van der Waals surface area contributed by atoms with E-state index in [1.54, 1.807) is 24.2 Å². The Morgan fingerprint density at radius 3 is 2.52 bits per heavy atom. The molecule has 0 spiro atoms. The van der Waals surface area contributed by atoms with Crippen molar-refractivity contribution in [2.45, 2.75) is 19.5 Å². The van der Waals surface area contributed by atoms with Gasteiger partial charge in [0.25, 0.3) is 0 Å². The van der Waals surface area contributed by atoms with Crippen LogP contribution in [0, 0.1) is 0 Å². The largest absolute Gasteiger partial charge is 0.338 e. The van der Waals surface area contributed by atoms with Gasteiger partial charge in [0.2, 0.25) is 5.91 Å². The zero-order chi connectivity index (χ0) is 18.0. The predicted octanol–water partition coefficient (Wildman–Crippen LogP) is 3.87. The molecular weight excluding hydrogens is 336 g/mol. The van der Waals surface area contributed by atoms with Gasteiger partial charge in [0.05, 0.1) is 11.6 Å². The van der Waals surface area contributed by atoms with Gasteiger partial charge in [-0.25, -0.2) is 0 Å². The molecule has 0 aliphatic carbocycles. The van der Waals surface area contributed by atoms with Gasteiger partial charge in [-0.15, -0.1) is 0 Å². The van der Waals surface area contributed by atoms with Gasteiger partial charge >= 0.3 is 0 Å². The summed E-state index contributed by atoms with van der Waals surface area (Å²) < 4.78 is 1.81. The third kappa shape index (κ3) is 3.59. The molecule has 3 aromatic rings. The number of carbonyl (C=O) groups is 1. The lowest BCUT2D eigenvalue weighted by atomic mass is 10.1. The third-order valence-electron chi connectivity index (χ3n) is 4.52. The molecular formula is C20H19ClN2O2. The molecule has 0 aliphatic rings. The second-order valence-corrected chi connectivity index (χ2v) is 6.49. The number of hydrogen-bond donors (Lipinski definition) is 0. The van der Waals surface area contributed by atoms with Crippen molar-refractivity contribution in [3.05, 3.63) is 81.6 Å². The molecule has 5 heteroatoms. The van der Waals surface area contributed by atoms with Gasteiger partial charge in [0.1, 0.15) is 6.54 Å². The van der Waals surface area contributed by atoms with Crippen molar-refractivity contribution in [2.24, 2.45) is 0 Å². The van der Waals surface area contributed by atoms with Crippen molar-refractivity contribution in [1.82, 2.24) is 9.47 Å². The van der Waals surface area contributed by atoms with E-state index in [0.29, 0.717) is 10.4 Å². The average molecular weight is 355 g/mol. The molecule has 128 valence electrons. The van der Waals surface area contributed by atoms with Gasteiger partial charge in [-0.3, -0.25) is 9.59 Å². The minimum atomic E-state index is -0.0737. The molecule has 0 bridgehead atoms. The van der Waals surface area contributed by atoms with E-state index in [1.807, 2.05) is 54.0 Å². The van der Waals surface area contributed by atoms with E-state index in [1.165, 1.54) is 6.07 Å². The standard InChI is InChI=1S/C20H19ClN2O2/c1-14(15-7-9-16(21)10-8-15)22(2)20(25)13-23-12-11-19(24)17-5-3-4-6-18(17)23/h3-12,14H,13H2,1-2H3. The summed E-state index contributed by atoms with van der Waals surface area (Å²) in [5.74, 6) is -0.0312. The Morgan fingerprint density at radius 1 is 1.12 bits per heavy atom. The number of carbonyl (C=O) groups excluding carboxylic acids is 1. The first-order valence-electron chi connectivity index (χ1n) is 8.06.